The third-order valence-corrected chi connectivity index (χ3v) is 2.32. The Labute approximate surface area is 83.4 Å². The van der Waals surface area contributed by atoms with Gasteiger partial charge in [-0.05, 0) is 19.8 Å². The lowest BCUT2D eigenvalue weighted by molar-refractivity contribution is -0.110. The molecule has 0 bridgehead atoms. The van der Waals surface area contributed by atoms with Crippen LogP contribution >= 0.6 is 0 Å². The van der Waals surface area contributed by atoms with Gasteiger partial charge in [0.15, 0.2) is 0 Å². The molecule has 5 heteroatoms. The van der Waals surface area contributed by atoms with E-state index in [0.29, 0.717) is 26.1 Å². The summed E-state index contributed by atoms with van der Waals surface area (Å²) in [6.07, 6.45) is 2.07. The lowest BCUT2D eigenvalue weighted by Gasteiger charge is -2.30. The number of carbonyl (C=O) groups excluding carboxylic acids is 2. The standard InChI is InChI=1S/C9H16N2O3/c1-2-14-9(13)11-5-3-8(4-6-11)10-7-12/h7-8H,2-6H2,1H3,(H,10,12). The third kappa shape index (κ3) is 2.90. The molecule has 0 aliphatic carbocycles. The van der Waals surface area contributed by atoms with E-state index in [4.69, 9.17) is 4.74 Å². The van der Waals surface area contributed by atoms with Crippen LogP contribution in [-0.2, 0) is 9.53 Å². The van der Waals surface area contributed by atoms with E-state index in [9.17, 15) is 9.59 Å². The quantitative estimate of drug-likeness (QED) is 0.669. The van der Waals surface area contributed by atoms with Crippen molar-refractivity contribution in [1.82, 2.24) is 10.2 Å². The molecular weight excluding hydrogens is 184 g/mol. The summed E-state index contributed by atoms with van der Waals surface area (Å²) in [6, 6.07) is 0.207. The molecular formula is C9H16N2O3. The van der Waals surface area contributed by atoms with Crippen molar-refractivity contribution in [2.24, 2.45) is 0 Å². The van der Waals surface area contributed by atoms with Gasteiger partial charge in [-0.3, -0.25) is 4.79 Å². The van der Waals surface area contributed by atoms with Gasteiger partial charge in [0.25, 0.3) is 0 Å². The molecule has 0 aromatic rings. The molecule has 1 saturated heterocycles. The van der Waals surface area contributed by atoms with Crippen LogP contribution in [0.15, 0.2) is 0 Å². The fourth-order valence-corrected chi connectivity index (χ4v) is 1.54. The van der Waals surface area contributed by atoms with E-state index in [1.54, 1.807) is 11.8 Å². The van der Waals surface area contributed by atoms with E-state index in [1.165, 1.54) is 0 Å². The Morgan fingerprint density at radius 3 is 2.71 bits per heavy atom. The average molecular weight is 200 g/mol. The number of rotatable bonds is 3. The van der Waals surface area contributed by atoms with Crippen molar-refractivity contribution in [3.63, 3.8) is 0 Å². The molecule has 0 aromatic heterocycles. The van der Waals surface area contributed by atoms with Crippen LogP contribution < -0.4 is 5.32 Å². The van der Waals surface area contributed by atoms with Gasteiger partial charge in [-0.1, -0.05) is 0 Å². The molecule has 0 radical (unpaired) electrons. The van der Waals surface area contributed by atoms with Crippen molar-refractivity contribution in [3.8, 4) is 0 Å². The van der Waals surface area contributed by atoms with Gasteiger partial charge in [-0.2, -0.15) is 0 Å². The van der Waals surface area contributed by atoms with Crippen LogP contribution in [0.1, 0.15) is 19.8 Å². The number of ether oxygens (including phenoxy) is 1. The lowest BCUT2D eigenvalue weighted by Crippen LogP contribution is -2.44. The van der Waals surface area contributed by atoms with Crippen LogP contribution in [0.5, 0.6) is 0 Å². The van der Waals surface area contributed by atoms with E-state index < -0.39 is 0 Å². The summed E-state index contributed by atoms with van der Waals surface area (Å²) in [5.74, 6) is 0. The Morgan fingerprint density at radius 1 is 1.57 bits per heavy atom. The number of hydrogen-bond acceptors (Lipinski definition) is 3. The van der Waals surface area contributed by atoms with E-state index in [2.05, 4.69) is 5.32 Å². The van der Waals surface area contributed by atoms with Gasteiger partial charge in [0.05, 0.1) is 6.61 Å². The topological polar surface area (TPSA) is 58.6 Å². The first-order valence-electron chi connectivity index (χ1n) is 4.89. The van der Waals surface area contributed by atoms with E-state index in [-0.39, 0.29) is 12.1 Å². The molecule has 14 heavy (non-hydrogen) atoms. The molecule has 0 atom stereocenters. The lowest BCUT2D eigenvalue weighted by atomic mass is 10.1. The van der Waals surface area contributed by atoms with Gasteiger partial charge in [-0.25, -0.2) is 4.79 Å². The van der Waals surface area contributed by atoms with Crippen LogP contribution in [0, 0.1) is 0 Å². The molecule has 1 aliphatic rings. The first-order chi connectivity index (χ1) is 6.77. The zero-order valence-electron chi connectivity index (χ0n) is 8.36. The minimum Gasteiger partial charge on any atom is -0.450 e. The molecule has 0 saturated carbocycles. The van der Waals surface area contributed by atoms with Gasteiger partial charge in [0, 0.05) is 19.1 Å². The largest absolute Gasteiger partial charge is 0.450 e. The van der Waals surface area contributed by atoms with Crippen molar-refractivity contribution >= 4 is 12.5 Å². The summed E-state index contributed by atoms with van der Waals surface area (Å²) in [4.78, 5) is 23.1. The van der Waals surface area contributed by atoms with E-state index >= 15 is 0 Å². The highest BCUT2D eigenvalue weighted by molar-refractivity contribution is 5.67. The molecule has 1 heterocycles. The van der Waals surface area contributed by atoms with Crippen molar-refractivity contribution in [3.05, 3.63) is 0 Å². The van der Waals surface area contributed by atoms with Crippen LogP contribution in [0.3, 0.4) is 0 Å². The molecule has 5 nitrogen and oxygen atoms in total. The molecule has 0 unspecified atom stereocenters. The maximum absolute atomic E-state index is 11.3. The zero-order chi connectivity index (χ0) is 10.4. The van der Waals surface area contributed by atoms with Crippen molar-refractivity contribution in [2.75, 3.05) is 19.7 Å². The number of hydrogen-bond donors (Lipinski definition) is 1. The minimum atomic E-state index is -0.253. The highest BCUT2D eigenvalue weighted by atomic mass is 16.6. The predicted molar refractivity (Wildman–Crippen MR) is 50.8 cm³/mol. The second-order valence-corrected chi connectivity index (χ2v) is 3.24. The highest BCUT2D eigenvalue weighted by Gasteiger charge is 2.22. The van der Waals surface area contributed by atoms with Gasteiger partial charge >= 0.3 is 6.09 Å². The minimum absolute atomic E-state index is 0.207. The van der Waals surface area contributed by atoms with Gasteiger partial charge in [0.1, 0.15) is 0 Å². The number of piperidine rings is 1. The summed E-state index contributed by atoms with van der Waals surface area (Å²) >= 11 is 0. The van der Waals surface area contributed by atoms with Crippen molar-refractivity contribution < 1.29 is 14.3 Å². The number of nitrogens with one attached hydrogen (secondary N) is 1. The van der Waals surface area contributed by atoms with Crippen LogP contribution in [0.2, 0.25) is 0 Å². The molecule has 1 rings (SSSR count). The van der Waals surface area contributed by atoms with Crippen LogP contribution in [0.25, 0.3) is 0 Å². The molecule has 0 aromatic carbocycles. The number of likely N-dealkylation sites (tertiary alicyclic amines) is 1. The Kier molecular flexibility index (Phi) is 4.22. The first kappa shape index (κ1) is 10.8. The number of nitrogens with zero attached hydrogens (tertiary/aromatic N) is 1. The Hall–Kier alpha value is -1.26. The fourth-order valence-electron chi connectivity index (χ4n) is 1.54. The summed E-state index contributed by atoms with van der Waals surface area (Å²) in [7, 11) is 0. The summed E-state index contributed by atoms with van der Waals surface area (Å²) in [5.41, 5.74) is 0. The molecule has 80 valence electrons. The Balaban J connectivity index is 2.27. The van der Waals surface area contributed by atoms with Crippen molar-refractivity contribution in [1.29, 1.82) is 0 Å². The maximum atomic E-state index is 11.3. The van der Waals surface area contributed by atoms with E-state index in [0.717, 1.165) is 12.8 Å². The maximum Gasteiger partial charge on any atom is 0.409 e. The average Bonchev–Trinajstić information content (AvgIpc) is 2.20. The zero-order valence-corrected chi connectivity index (χ0v) is 8.36. The monoisotopic (exact) mass is 200 g/mol. The molecule has 1 N–H and O–H groups in total. The highest BCUT2D eigenvalue weighted by Crippen LogP contribution is 2.10. The van der Waals surface area contributed by atoms with Crippen LogP contribution in [0.4, 0.5) is 4.79 Å². The predicted octanol–water partition coefficient (Wildman–Crippen LogP) is 0.353. The van der Waals surface area contributed by atoms with Crippen LogP contribution in [-0.4, -0.2) is 43.1 Å². The second-order valence-electron chi connectivity index (χ2n) is 3.24. The Morgan fingerprint density at radius 2 is 2.21 bits per heavy atom. The fraction of sp³-hybridized carbons (Fsp3) is 0.778. The number of carbonyl (C=O) groups is 2. The smallest absolute Gasteiger partial charge is 0.409 e. The van der Waals surface area contributed by atoms with Gasteiger partial charge in [0.2, 0.25) is 6.41 Å². The van der Waals surface area contributed by atoms with Gasteiger partial charge in [-0.15, -0.1) is 0 Å². The summed E-state index contributed by atoms with van der Waals surface area (Å²) < 4.78 is 4.87. The van der Waals surface area contributed by atoms with Gasteiger partial charge < -0.3 is 15.0 Å². The Bertz CT molecular complexity index is 200. The SMILES string of the molecule is CCOC(=O)N1CCC(NC=O)CC1. The van der Waals surface area contributed by atoms with Crippen molar-refractivity contribution in [2.45, 2.75) is 25.8 Å². The first-order valence-corrected chi connectivity index (χ1v) is 4.89. The summed E-state index contributed by atoms with van der Waals surface area (Å²) in [5, 5.41) is 2.72. The number of amides is 2. The molecule has 0 spiro atoms. The molecule has 1 aliphatic heterocycles. The normalized spacial score (nSPS) is 17.6. The molecule has 2 amide bonds. The second kappa shape index (κ2) is 5.47. The summed E-state index contributed by atoms with van der Waals surface area (Å²) in [6.45, 7) is 3.51. The van der Waals surface area contributed by atoms with E-state index in [1.807, 2.05) is 0 Å². The molecule has 1 fully saturated rings. The third-order valence-electron chi connectivity index (χ3n) is 2.32.